The van der Waals surface area contributed by atoms with E-state index >= 15 is 0 Å². The molecule has 0 saturated heterocycles. The Kier molecular flexibility index (Phi) is 4.78. The van der Waals surface area contributed by atoms with E-state index in [1.54, 1.807) is 0 Å². The van der Waals surface area contributed by atoms with E-state index in [9.17, 15) is 0 Å². The maximum Gasteiger partial charge on any atom is 0.122 e. The van der Waals surface area contributed by atoms with Gasteiger partial charge in [0.2, 0.25) is 0 Å². The highest BCUT2D eigenvalue weighted by Gasteiger charge is 2.04. The van der Waals surface area contributed by atoms with E-state index in [1.165, 1.54) is 0 Å². The van der Waals surface area contributed by atoms with Crippen molar-refractivity contribution in [1.29, 1.82) is 0 Å². The maximum atomic E-state index is 9.13. The van der Waals surface area contributed by atoms with Crippen LogP contribution in [0.1, 0.15) is 25.6 Å². The predicted molar refractivity (Wildman–Crippen MR) is 60.5 cm³/mol. The number of aliphatic hydroxyl groups is 1. The van der Waals surface area contributed by atoms with Crippen molar-refractivity contribution in [3.05, 3.63) is 18.2 Å². The van der Waals surface area contributed by atoms with Crippen molar-refractivity contribution in [1.82, 2.24) is 14.5 Å². The van der Waals surface area contributed by atoms with Crippen molar-refractivity contribution >= 4 is 0 Å². The summed E-state index contributed by atoms with van der Waals surface area (Å²) in [5, 5.41) is 9.13. The van der Waals surface area contributed by atoms with Crippen LogP contribution in [0.3, 0.4) is 0 Å². The number of hydrogen-bond acceptors (Lipinski definition) is 3. The van der Waals surface area contributed by atoms with Crippen molar-refractivity contribution < 1.29 is 5.11 Å². The van der Waals surface area contributed by atoms with E-state index < -0.39 is 0 Å². The van der Waals surface area contributed by atoms with Gasteiger partial charge in [0, 0.05) is 19.4 Å². The summed E-state index contributed by atoms with van der Waals surface area (Å²) >= 11 is 0. The van der Waals surface area contributed by atoms with Crippen LogP contribution in [-0.4, -0.2) is 39.3 Å². The Morgan fingerprint density at radius 3 is 2.87 bits per heavy atom. The van der Waals surface area contributed by atoms with Gasteiger partial charge in [-0.1, -0.05) is 0 Å². The number of imidazole rings is 1. The number of hydrogen-bond donors (Lipinski definition) is 1. The van der Waals surface area contributed by atoms with Gasteiger partial charge in [-0.3, -0.25) is 4.90 Å². The Hall–Kier alpha value is -0.870. The van der Waals surface area contributed by atoms with Crippen LogP contribution in [0, 0.1) is 0 Å². The summed E-state index contributed by atoms with van der Waals surface area (Å²) in [7, 11) is 4.09. The number of nitrogens with zero attached hydrogens (tertiary/aromatic N) is 3. The van der Waals surface area contributed by atoms with Crippen LogP contribution >= 0.6 is 0 Å². The molecule has 0 aliphatic rings. The molecule has 15 heavy (non-hydrogen) atoms. The lowest BCUT2D eigenvalue weighted by atomic mass is 10.2. The van der Waals surface area contributed by atoms with Crippen LogP contribution in [0.15, 0.2) is 12.4 Å². The van der Waals surface area contributed by atoms with E-state index in [0.717, 1.165) is 31.8 Å². The number of aromatic nitrogens is 2. The molecule has 0 fully saturated rings. The lowest BCUT2D eigenvalue weighted by molar-refractivity contribution is 0.173. The van der Waals surface area contributed by atoms with Crippen LogP contribution in [0.2, 0.25) is 0 Å². The molecule has 0 aliphatic carbocycles. The Balaban J connectivity index is 2.24. The van der Waals surface area contributed by atoms with Crippen molar-refractivity contribution in [2.45, 2.75) is 32.4 Å². The number of rotatable bonds is 6. The molecule has 0 amide bonds. The molecule has 1 aromatic rings. The molecule has 0 radical (unpaired) electrons. The normalized spacial score (nSPS) is 13.4. The third-order valence-electron chi connectivity index (χ3n) is 2.49. The van der Waals surface area contributed by atoms with Gasteiger partial charge in [-0.25, -0.2) is 4.98 Å². The molecule has 0 aliphatic heterocycles. The summed E-state index contributed by atoms with van der Waals surface area (Å²) in [6.07, 6.45) is 5.48. The van der Waals surface area contributed by atoms with E-state index in [2.05, 4.69) is 16.9 Å². The molecule has 4 heteroatoms. The maximum absolute atomic E-state index is 9.13. The Bertz CT molecular complexity index is 283. The minimum atomic E-state index is -0.188. The Labute approximate surface area is 91.5 Å². The molecule has 0 spiro atoms. The number of aryl methyl sites for hydroxylation is 1. The first kappa shape index (κ1) is 12.2. The zero-order valence-electron chi connectivity index (χ0n) is 9.85. The summed E-state index contributed by atoms with van der Waals surface area (Å²) in [5.41, 5.74) is 0. The van der Waals surface area contributed by atoms with Crippen LogP contribution in [0.25, 0.3) is 0 Å². The predicted octanol–water partition coefficient (Wildman–Crippen LogP) is 1.01. The topological polar surface area (TPSA) is 41.3 Å². The van der Waals surface area contributed by atoms with E-state index in [-0.39, 0.29) is 6.10 Å². The second-order valence-electron chi connectivity index (χ2n) is 4.18. The molecular formula is C11H21N3O. The van der Waals surface area contributed by atoms with Crippen molar-refractivity contribution in [2.24, 2.45) is 7.05 Å². The van der Waals surface area contributed by atoms with E-state index in [0.29, 0.717) is 0 Å². The molecule has 0 bridgehead atoms. The largest absolute Gasteiger partial charge is 0.393 e. The summed E-state index contributed by atoms with van der Waals surface area (Å²) in [4.78, 5) is 6.50. The Morgan fingerprint density at radius 2 is 2.33 bits per heavy atom. The Morgan fingerprint density at radius 1 is 1.60 bits per heavy atom. The van der Waals surface area contributed by atoms with Gasteiger partial charge >= 0.3 is 0 Å². The van der Waals surface area contributed by atoms with Gasteiger partial charge < -0.3 is 9.67 Å². The average Bonchev–Trinajstić information content (AvgIpc) is 2.51. The first-order valence-electron chi connectivity index (χ1n) is 5.42. The zero-order chi connectivity index (χ0) is 11.3. The minimum Gasteiger partial charge on any atom is -0.393 e. The fraction of sp³-hybridized carbons (Fsp3) is 0.727. The standard InChI is InChI=1S/C11H21N3O/c1-10(15)5-4-7-13(2)9-11-12-6-8-14(11)3/h6,8,10,15H,4-5,7,9H2,1-3H3. The van der Waals surface area contributed by atoms with Gasteiger partial charge in [-0.2, -0.15) is 0 Å². The molecule has 1 aromatic heterocycles. The second kappa shape index (κ2) is 5.88. The molecule has 4 nitrogen and oxygen atoms in total. The highest BCUT2D eigenvalue weighted by atomic mass is 16.3. The molecule has 1 N–H and O–H groups in total. The van der Waals surface area contributed by atoms with Crippen molar-refractivity contribution in [3.8, 4) is 0 Å². The van der Waals surface area contributed by atoms with E-state index in [1.807, 2.05) is 30.9 Å². The van der Waals surface area contributed by atoms with Gasteiger partial charge in [0.15, 0.2) is 0 Å². The summed E-state index contributed by atoms with van der Waals surface area (Å²) in [5.74, 6) is 1.08. The quantitative estimate of drug-likeness (QED) is 0.763. The van der Waals surface area contributed by atoms with Gasteiger partial charge in [0.1, 0.15) is 5.82 Å². The van der Waals surface area contributed by atoms with Gasteiger partial charge in [0.05, 0.1) is 12.6 Å². The van der Waals surface area contributed by atoms with Crippen molar-refractivity contribution in [2.75, 3.05) is 13.6 Å². The molecule has 1 heterocycles. The van der Waals surface area contributed by atoms with Gasteiger partial charge in [0.25, 0.3) is 0 Å². The molecular weight excluding hydrogens is 190 g/mol. The second-order valence-corrected chi connectivity index (χ2v) is 4.18. The van der Waals surface area contributed by atoms with Crippen LogP contribution in [0.4, 0.5) is 0 Å². The molecule has 0 saturated carbocycles. The summed E-state index contributed by atoms with van der Waals surface area (Å²) < 4.78 is 2.03. The summed E-state index contributed by atoms with van der Waals surface area (Å²) in [6.45, 7) is 3.69. The molecule has 0 aromatic carbocycles. The first-order valence-corrected chi connectivity index (χ1v) is 5.42. The smallest absolute Gasteiger partial charge is 0.122 e. The highest BCUT2D eigenvalue weighted by Crippen LogP contribution is 2.02. The number of aliphatic hydroxyl groups excluding tert-OH is 1. The van der Waals surface area contributed by atoms with Gasteiger partial charge in [-0.05, 0) is 33.4 Å². The first-order chi connectivity index (χ1) is 7.09. The lowest BCUT2D eigenvalue weighted by Crippen LogP contribution is -2.21. The fourth-order valence-electron chi connectivity index (χ4n) is 1.53. The average molecular weight is 211 g/mol. The van der Waals surface area contributed by atoms with Crippen LogP contribution in [-0.2, 0) is 13.6 Å². The monoisotopic (exact) mass is 211 g/mol. The fourth-order valence-corrected chi connectivity index (χ4v) is 1.53. The molecule has 1 atom stereocenters. The third kappa shape index (κ3) is 4.44. The third-order valence-corrected chi connectivity index (χ3v) is 2.49. The SMILES string of the molecule is CC(O)CCCN(C)Cc1nccn1C. The van der Waals surface area contributed by atoms with E-state index in [4.69, 9.17) is 5.11 Å². The molecule has 86 valence electrons. The minimum absolute atomic E-state index is 0.188. The zero-order valence-corrected chi connectivity index (χ0v) is 9.85. The summed E-state index contributed by atoms with van der Waals surface area (Å²) in [6, 6.07) is 0. The lowest BCUT2D eigenvalue weighted by Gasteiger charge is -2.16. The molecule has 1 unspecified atom stereocenters. The van der Waals surface area contributed by atoms with Crippen LogP contribution in [0.5, 0.6) is 0 Å². The highest BCUT2D eigenvalue weighted by molar-refractivity contribution is 4.90. The van der Waals surface area contributed by atoms with Gasteiger partial charge in [-0.15, -0.1) is 0 Å². The van der Waals surface area contributed by atoms with Crippen molar-refractivity contribution in [3.63, 3.8) is 0 Å². The molecule has 1 rings (SSSR count). The van der Waals surface area contributed by atoms with Crippen LogP contribution < -0.4 is 0 Å².